The maximum Gasteiger partial charge on any atom is 0.355 e. The smallest absolute Gasteiger partial charge is 0.355 e. The van der Waals surface area contributed by atoms with Crippen molar-refractivity contribution in [3.05, 3.63) is 53.9 Å². The number of rotatable bonds is 3. The maximum atomic E-state index is 12.8. The van der Waals surface area contributed by atoms with Crippen LogP contribution in [0, 0.1) is 0 Å². The average Bonchev–Trinajstić information content (AvgIpc) is 3.08. The van der Waals surface area contributed by atoms with Gasteiger partial charge in [0.05, 0.1) is 0 Å². The van der Waals surface area contributed by atoms with Crippen molar-refractivity contribution >= 4 is 17.6 Å². The van der Waals surface area contributed by atoms with Gasteiger partial charge in [-0.05, 0) is 44.0 Å². The minimum absolute atomic E-state index is 0.0658. The Morgan fingerprint density at radius 3 is 2.65 bits per heavy atom. The second-order valence-electron chi connectivity index (χ2n) is 5.94. The number of fused-ring (bicyclic) bond motifs is 1. The number of benzene rings is 1. The third-order valence-electron chi connectivity index (χ3n) is 4.23. The zero-order valence-electron chi connectivity index (χ0n) is 13.5. The van der Waals surface area contributed by atoms with Gasteiger partial charge in [0.2, 0.25) is 0 Å². The van der Waals surface area contributed by atoms with Crippen LogP contribution in [-0.4, -0.2) is 28.6 Å². The Labute approximate surface area is 135 Å². The van der Waals surface area contributed by atoms with Gasteiger partial charge in [-0.1, -0.05) is 18.2 Å². The molecule has 5 heteroatoms. The molecule has 120 valence electrons. The van der Waals surface area contributed by atoms with Gasteiger partial charge in [-0.2, -0.15) is 0 Å². The van der Waals surface area contributed by atoms with Gasteiger partial charge in [0, 0.05) is 25.0 Å². The number of amides is 1. The highest BCUT2D eigenvalue weighted by Crippen LogP contribution is 2.32. The first-order valence-corrected chi connectivity index (χ1v) is 7.72. The normalized spacial score (nSPS) is 17.7. The van der Waals surface area contributed by atoms with Gasteiger partial charge < -0.3 is 14.2 Å². The molecule has 0 radical (unpaired) electrons. The van der Waals surface area contributed by atoms with Crippen molar-refractivity contribution in [2.45, 2.75) is 32.4 Å². The Morgan fingerprint density at radius 1 is 1.22 bits per heavy atom. The van der Waals surface area contributed by atoms with E-state index in [2.05, 4.69) is 0 Å². The molecule has 2 atom stereocenters. The molecule has 1 amide bonds. The lowest BCUT2D eigenvalue weighted by Gasteiger charge is -2.25. The van der Waals surface area contributed by atoms with Crippen LogP contribution in [0.2, 0.25) is 0 Å². The lowest BCUT2D eigenvalue weighted by molar-refractivity contribution is -0.126. The van der Waals surface area contributed by atoms with E-state index in [1.807, 2.05) is 31.2 Å². The third-order valence-corrected chi connectivity index (χ3v) is 4.23. The summed E-state index contributed by atoms with van der Waals surface area (Å²) in [5.74, 6) is -0.677. The van der Waals surface area contributed by atoms with E-state index in [9.17, 15) is 9.59 Å². The summed E-state index contributed by atoms with van der Waals surface area (Å²) >= 11 is 0. The summed E-state index contributed by atoms with van der Waals surface area (Å²) in [4.78, 5) is 26.7. The van der Waals surface area contributed by atoms with E-state index in [4.69, 9.17) is 4.74 Å². The predicted molar refractivity (Wildman–Crippen MR) is 87.4 cm³/mol. The van der Waals surface area contributed by atoms with Crippen LogP contribution in [0.25, 0.3) is 0 Å². The largest absolute Gasteiger partial charge is 0.448 e. The number of hydrogen-bond acceptors (Lipinski definition) is 3. The number of aromatic nitrogens is 1. The molecule has 0 saturated carbocycles. The average molecular weight is 312 g/mol. The van der Waals surface area contributed by atoms with E-state index in [-0.39, 0.29) is 11.9 Å². The van der Waals surface area contributed by atoms with Gasteiger partial charge >= 0.3 is 5.97 Å². The Morgan fingerprint density at radius 2 is 1.96 bits per heavy atom. The number of ether oxygens (including phenoxy) is 1. The molecule has 0 spiro atoms. The van der Waals surface area contributed by atoms with E-state index in [0.29, 0.717) is 5.69 Å². The minimum Gasteiger partial charge on any atom is -0.448 e. The van der Waals surface area contributed by atoms with Crippen LogP contribution in [-0.2, 0) is 23.0 Å². The molecule has 3 rings (SSSR count). The Kier molecular flexibility index (Phi) is 3.94. The number of para-hydroxylation sites is 1. The molecule has 0 unspecified atom stereocenters. The molecule has 0 fully saturated rings. The van der Waals surface area contributed by atoms with Gasteiger partial charge in [0.1, 0.15) is 5.69 Å². The lowest BCUT2D eigenvalue weighted by Crippen LogP contribution is -2.43. The number of aryl methyl sites for hydroxylation is 1. The monoisotopic (exact) mass is 312 g/mol. The summed E-state index contributed by atoms with van der Waals surface area (Å²) in [5.41, 5.74) is 2.49. The first-order valence-electron chi connectivity index (χ1n) is 7.72. The highest BCUT2D eigenvalue weighted by Gasteiger charge is 2.34. The molecule has 1 aromatic heterocycles. The van der Waals surface area contributed by atoms with E-state index < -0.39 is 12.1 Å². The fraction of sp³-hybridized carbons (Fsp3) is 0.333. The molecule has 5 nitrogen and oxygen atoms in total. The number of hydrogen-bond donors (Lipinski definition) is 0. The van der Waals surface area contributed by atoms with Crippen LogP contribution >= 0.6 is 0 Å². The summed E-state index contributed by atoms with van der Waals surface area (Å²) < 4.78 is 7.04. The lowest BCUT2D eigenvalue weighted by atomic mass is 10.1. The van der Waals surface area contributed by atoms with Crippen molar-refractivity contribution in [2.75, 3.05) is 4.90 Å². The Balaban J connectivity index is 1.75. The van der Waals surface area contributed by atoms with Crippen LogP contribution in [0.5, 0.6) is 0 Å². The minimum atomic E-state index is -0.828. The summed E-state index contributed by atoms with van der Waals surface area (Å²) in [5, 5.41) is 0. The standard InChI is InChI=1S/C18H20N2O3/c1-12-11-14-7-4-5-8-15(14)20(12)17(21)13(2)23-18(22)16-9-6-10-19(16)3/h4-10,12-13H,11H2,1-3H3/t12-,13+/m0/s1. The van der Waals surface area contributed by atoms with Crippen molar-refractivity contribution in [2.24, 2.45) is 7.05 Å². The van der Waals surface area contributed by atoms with Crippen molar-refractivity contribution in [1.82, 2.24) is 4.57 Å². The zero-order chi connectivity index (χ0) is 16.6. The van der Waals surface area contributed by atoms with Crippen LogP contribution < -0.4 is 4.90 Å². The topological polar surface area (TPSA) is 51.5 Å². The van der Waals surface area contributed by atoms with Crippen LogP contribution in [0.3, 0.4) is 0 Å². The van der Waals surface area contributed by atoms with Crippen molar-refractivity contribution in [1.29, 1.82) is 0 Å². The summed E-state index contributed by atoms with van der Waals surface area (Å²) in [6.07, 6.45) is 1.76. The van der Waals surface area contributed by atoms with E-state index in [1.54, 1.807) is 41.8 Å². The van der Waals surface area contributed by atoms with Crippen LogP contribution in [0.1, 0.15) is 29.9 Å². The third kappa shape index (κ3) is 2.74. The maximum absolute atomic E-state index is 12.8. The molecule has 0 aliphatic carbocycles. The Bertz CT molecular complexity index is 750. The zero-order valence-corrected chi connectivity index (χ0v) is 13.5. The van der Waals surface area contributed by atoms with E-state index >= 15 is 0 Å². The molecule has 1 aromatic carbocycles. The highest BCUT2D eigenvalue weighted by molar-refractivity contribution is 6.00. The van der Waals surface area contributed by atoms with Gasteiger partial charge in [-0.25, -0.2) is 4.79 Å². The van der Waals surface area contributed by atoms with E-state index in [1.165, 1.54) is 0 Å². The molecule has 23 heavy (non-hydrogen) atoms. The quantitative estimate of drug-likeness (QED) is 0.819. The predicted octanol–water partition coefficient (Wildman–Crippen LogP) is 2.55. The summed E-state index contributed by atoms with van der Waals surface area (Å²) in [6, 6.07) is 11.4. The van der Waals surface area contributed by atoms with Crippen molar-refractivity contribution in [3.63, 3.8) is 0 Å². The van der Waals surface area contributed by atoms with Gasteiger partial charge in [-0.15, -0.1) is 0 Å². The van der Waals surface area contributed by atoms with Crippen molar-refractivity contribution < 1.29 is 14.3 Å². The summed E-state index contributed by atoms with van der Waals surface area (Å²) in [7, 11) is 1.77. The van der Waals surface area contributed by atoms with Crippen molar-refractivity contribution in [3.8, 4) is 0 Å². The molecule has 0 bridgehead atoms. The molecular weight excluding hydrogens is 292 g/mol. The highest BCUT2D eigenvalue weighted by atomic mass is 16.5. The van der Waals surface area contributed by atoms with Crippen LogP contribution in [0.4, 0.5) is 5.69 Å². The van der Waals surface area contributed by atoms with Gasteiger partial charge in [0.15, 0.2) is 6.10 Å². The molecule has 1 aliphatic heterocycles. The second-order valence-corrected chi connectivity index (χ2v) is 5.94. The first kappa shape index (κ1) is 15.3. The number of nitrogens with zero attached hydrogens (tertiary/aromatic N) is 2. The number of anilines is 1. The number of carbonyl (C=O) groups is 2. The molecule has 0 N–H and O–H groups in total. The number of esters is 1. The Hall–Kier alpha value is -2.56. The van der Waals surface area contributed by atoms with Gasteiger partial charge in [0.25, 0.3) is 5.91 Å². The van der Waals surface area contributed by atoms with E-state index in [0.717, 1.165) is 17.7 Å². The molecular formula is C18H20N2O3. The van der Waals surface area contributed by atoms with Crippen LogP contribution in [0.15, 0.2) is 42.6 Å². The van der Waals surface area contributed by atoms with Gasteiger partial charge in [-0.3, -0.25) is 4.79 Å². The fourth-order valence-electron chi connectivity index (χ4n) is 3.04. The molecule has 2 heterocycles. The first-order chi connectivity index (χ1) is 11.0. The SMILES string of the molecule is C[C@@H](OC(=O)c1cccn1C)C(=O)N1c2ccccc2C[C@@H]1C. The molecule has 2 aromatic rings. The fourth-order valence-corrected chi connectivity index (χ4v) is 3.04. The second kappa shape index (κ2) is 5.91. The summed E-state index contributed by atoms with van der Waals surface area (Å²) in [6.45, 7) is 3.63. The molecule has 1 aliphatic rings. The number of carbonyl (C=O) groups excluding carboxylic acids is 2. The molecule has 0 saturated heterocycles.